The quantitative estimate of drug-likeness (QED) is 0.659. The summed E-state index contributed by atoms with van der Waals surface area (Å²) in [6.07, 6.45) is 0. The Morgan fingerprint density at radius 1 is 1.56 bits per heavy atom. The lowest BCUT2D eigenvalue weighted by atomic mass is 9.95. The summed E-state index contributed by atoms with van der Waals surface area (Å²) in [5.41, 5.74) is 4.91. The molecule has 5 heteroatoms. The second-order valence-corrected chi connectivity index (χ2v) is 5.42. The summed E-state index contributed by atoms with van der Waals surface area (Å²) in [4.78, 5) is 11.2. The average Bonchev–Trinajstić information content (AvgIpc) is 2.17. The second-order valence-electron chi connectivity index (χ2n) is 4.39. The number of thioether (sulfide) groups is 1. The highest BCUT2D eigenvalue weighted by Gasteiger charge is 2.25. The molecule has 0 spiro atoms. The van der Waals surface area contributed by atoms with Crippen molar-refractivity contribution in [3.8, 4) is 0 Å². The number of rotatable bonds is 7. The first-order chi connectivity index (χ1) is 7.31. The van der Waals surface area contributed by atoms with Gasteiger partial charge in [-0.2, -0.15) is 11.8 Å². The molecule has 0 aromatic heterocycles. The first kappa shape index (κ1) is 15.7. The zero-order valence-corrected chi connectivity index (χ0v) is 11.3. The Bertz CT molecular complexity index is 219. The third-order valence-corrected chi connectivity index (χ3v) is 3.91. The molecule has 0 aliphatic carbocycles. The maximum atomic E-state index is 11.2. The largest absolute Gasteiger partial charge is 0.465 e. The fourth-order valence-electron chi connectivity index (χ4n) is 0.877. The molecule has 2 unspecified atom stereocenters. The number of nitrogens with two attached hydrogens (primary N) is 1. The normalized spacial score (nSPS) is 16.9. The van der Waals surface area contributed by atoms with Crippen LogP contribution in [0.5, 0.6) is 0 Å². The molecule has 3 N–H and O–H groups in total. The van der Waals surface area contributed by atoms with Gasteiger partial charge in [-0.15, -0.1) is 0 Å². The summed E-state index contributed by atoms with van der Waals surface area (Å²) in [6.45, 7) is 7.82. The van der Waals surface area contributed by atoms with Gasteiger partial charge in [-0.3, -0.25) is 4.79 Å². The van der Waals surface area contributed by atoms with Crippen molar-refractivity contribution in [2.75, 3.05) is 18.1 Å². The number of hydrogen-bond donors (Lipinski definition) is 2. The summed E-state index contributed by atoms with van der Waals surface area (Å²) in [7, 11) is 0. The lowest BCUT2D eigenvalue weighted by Crippen LogP contribution is -2.37. The van der Waals surface area contributed by atoms with E-state index in [0.29, 0.717) is 18.1 Å². The van der Waals surface area contributed by atoms with Gasteiger partial charge in [-0.05, 0) is 19.8 Å². The van der Waals surface area contributed by atoms with E-state index in [2.05, 4.69) is 0 Å². The van der Waals surface area contributed by atoms with E-state index in [1.807, 2.05) is 13.8 Å². The molecular weight excluding hydrogens is 226 g/mol. The maximum absolute atomic E-state index is 11.2. The highest BCUT2D eigenvalue weighted by Crippen LogP contribution is 2.21. The van der Waals surface area contributed by atoms with Crippen LogP contribution >= 0.6 is 11.8 Å². The lowest BCUT2D eigenvalue weighted by molar-refractivity contribution is -0.144. The van der Waals surface area contributed by atoms with E-state index >= 15 is 0 Å². The number of esters is 1. The Balaban J connectivity index is 3.86. The molecule has 0 aliphatic heterocycles. The van der Waals surface area contributed by atoms with Gasteiger partial charge in [0.1, 0.15) is 6.04 Å². The van der Waals surface area contributed by atoms with Crippen molar-refractivity contribution >= 4 is 17.7 Å². The van der Waals surface area contributed by atoms with Gasteiger partial charge in [0.25, 0.3) is 0 Å². The van der Waals surface area contributed by atoms with Gasteiger partial charge >= 0.3 is 5.97 Å². The first-order valence-electron chi connectivity index (χ1n) is 5.53. The number of carbonyl (C=O) groups is 1. The molecule has 0 heterocycles. The molecular formula is C11H23NO3S. The molecule has 96 valence electrons. The zero-order valence-electron chi connectivity index (χ0n) is 10.5. The molecule has 0 saturated heterocycles. The standard InChI is InChI=1S/C11H23NO3S/c1-5-15-10(13)9(12)6-16-7-11(4,14)8(2)3/h8-9,14H,5-7,12H2,1-4H3. The molecule has 0 aromatic carbocycles. The van der Waals surface area contributed by atoms with Crippen LogP contribution in [0, 0.1) is 5.92 Å². The van der Waals surface area contributed by atoms with Crippen LogP contribution in [0.4, 0.5) is 0 Å². The van der Waals surface area contributed by atoms with Crippen molar-refractivity contribution in [3.63, 3.8) is 0 Å². The molecule has 4 nitrogen and oxygen atoms in total. The summed E-state index contributed by atoms with van der Waals surface area (Å²) < 4.78 is 4.79. The van der Waals surface area contributed by atoms with Crippen molar-refractivity contribution in [2.24, 2.45) is 11.7 Å². The predicted octanol–water partition coefficient (Wildman–Crippen LogP) is 1.02. The average molecular weight is 249 g/mol. The fourth-order valence-corrected chi connectivity index (χ4v) is 2.13. The van der Waals surface area contributed by atoms with Gasteiger partial charge in [-0.1, -0.05) is 13.8 Å². The van der Waals surface area contributed by atoms with Crippen molar-refractivity contribution < 1.29 is 14.6 Å². The molecule has 16 heavy (non-hydrogen) atoms. The van der Waals surface area contributed by atoms with Crippen molar-refractivity contribution in [1.29, 1.82) is 0 Å². The van der Waals surface area contributed by atoms with Gasteiger partial charge in [0, 0.05) is 11.5 Å². The van der Waals surface area contributed by atoms with E-state index in [1.165, 1.54) is 11.8 Å². The molecule has 0 saturated carbocycles. The molecule has 0 rings (SSSR count). The van der Waals surface area contributed by atoms with Gasteiger partial charge in [0.15, 0.2) is 0 Å². The second kappa shape index (κ2) is 7.14. The number of carbonyl (C=O) groups excluding carboxylic acids is 1. The van der Waals surface area contributed by atoms with Gasteiger partial charge in [0.05, 0.1) is 12.2 Å². The first-order valence-corrected chi connectivity index (χ1v) is 6.69. The van der Waals surface area contributed by atoms with E-state index in [4.69, 9.17) is 10.5 Å². The third-order valence-electron chi connectivity index (χ3n) is 2.52. The fraction of sp³-hybridized carbons (Fsp3) is 0.909. The molecule has 2 atom stereocenters. The third kappa shape index (κ3) is 5.72. The Hall–Kier alpha value is -0.260. The van der Waals surface area contributed by atoms with Crippen LogP contribution in [0.25, 0.3) is 0 Å². The zero-order chi connectivity index (χ0) is 12.8. The molecule has 0 amide bonds. The smallest absolute Gasteiger partial charge is 0.323 e. The van der Waals surface area contributed by atoms with E-state index in [1.54, 1.807) is 13.8 Å². The predicted molar refractivity (Wildman–Crippen MR) is 67.4 cm³/mol. The van der Waals surface area contributed by atoms with Crippen molar-refractivity contribution in [2.45, 2.75) is 39.3 Å². The van der Waals surface area contributed by atoms with E-state index in [9.17, 15) is 9.90 Å². The lowest BCUT2D eigenvalue weighted by Gasteiger charge is -2.27. The Labute approximate surface area is 102 Å². The van der Waals surface area contributed by atoms with Crippen LogP contribution in [-0.4, -0.2) is 40.8 Å². The van der Waals surface area contributed by atoms with E-state index in [-0.39, 0.29) is 11.9 Å². The van der Waals surface area contributed by atoms with Gasteiger partial charge < -0.3 is 15.6 Å². The SMILES string of the molecule is CCOC(=O)C(N)CSCC(C)(O)C(C)C. The molecule has 0 aliphatic rings. The minimum Gasteiger partial charge on any atom is -0.465 e. The monoisotopic (exact) mass is 249 g/mol. The van der Waals surface area contributed by atoms with Crippen LogP contribution in [0.15, 0.2) is 0 Å². The maximum Gasteiger partial charge on any atom is 0.323 e. The Morgan fingerprint density at radius 3 is 2.56 bits per heavy atom. The van der Waals surface area contributed by atoms with Crippen LogP contribution in [0.2, 0.25) is 0 Å². The van der Waals surface area contributed by atoms with E-state index in [0.717, 1.165) is 0 Å². The minimum absolute atomic E-state index is 0.179. The Kier molecular flexibility index (Phi) is 7.03. The highest BCUT2D eigenvalue weighted by atomic mass is 32.2. The van der Waals surface area contributed by atoms with Crippen LogP contribution in [0.3, 0.4) is 0 Å². The van der Waals surface area contributed by atoms with E-state index < -0.39 is 11.6 Å². The summed E-state index contributed by atoms with van der Waals surface area (Å²) in [5.74, 6) is 0.845. The number of hydrogen-bond acceptors (Lipinski definition) is 5. The molecule has 0 fully saturated rings. The minimum atomic E-state index is -0.723. The number of ether oxygens (including phenoxy) is 1. The van der Waals surface area contributed by atoms with Crippen LogP contribution < -0.4 is 5.73 Å². The number of aliphatic hydroxyl groups is 1. The van der Waals surface area contributed by atoms with Crippen molar-refractivity contribution in [1.82, 2.24) is 0 Å². The molecule has 0 radical (unpaired) electrons. The van der Waals surface area contributed by atoms with Gasteiger partial charge in [-0.25, -0.2) is 0 Å². The van der Waals surface area contributed by atoms with Crippen molar-refractivity contribution in [3.05, 3.63) is 0 Å². The van der Waals surface area contributed by atoms with Crippen LogP contribution in [0.1, 0.15) is 27.7 Å². The molecule has 0 bridgehead atoms. The summed E-state index contributed by atoms with van der Waals surface area (Å²) in [6, 6.07) is -0.604. The summed E-state index contributed by atoms with van der Waals surface area (Å²) in [5, 5.41) is 9.97. The van der Waals surface area contributed by atoms with Crippen LogP contribution in [-0.2, 0) is 9.53 Å². The Morgan fingerprint density at radius 2 is 2.12 bits per heavy atom. The van der Waals surface area contributed by atoms with Gasteiger partial charge in [0.2, 0.25) is 0 Å². The molecule has 0 aromatic rings. The highest BCUT2D eigenvalue weighted by molar-refractivity contribution is 7.99. The topological polar surface area (TPSA) is 72.5 Å². The summed E-state index contributed by atoms with van der Waals surface area (Å²) >= 11 is 1.47.